The van der Waals surface area contributed by atoms with E-state index in [-0.39, 0.29) is 11.9 Å². The molecule has 1 aromatic carbocycles. The normalized spacial score (nSPS) is 20.3. The van der Waals surface area contributed by atoms with Crippen LogP contribution in [0.2, 0.25) is 0 Å². The van der Waals surface area contributed by atoms with E-state index in [2.05, 4.69) is 0 Å². The quantitative estimate of drug-likeness (QED) is 0.828. The number of sulfonamides is 1. The van der Waals surface area contributed by atoms with E-state index in [1.165, 1.54) is 4.31 Å². The molecule has 0 radical (unpaired) electrons. The van der Waals surface area contributed by atoms with E-state index in [9.17, 15) is 8.42 Å². The number of hydrogen-bond acceptors (Lipinski definition) is 4. The molecule has 0 bridgehead atoms. The Bertz CT molecular complexity index is 592. The average molecular weight is 280 g/mol. The molecular weight excluding hydrogens is 264 g/mol. The zero-order valence-corrected chi connectivity index (χ0v) is 11.6. The van der Waals surface area contributed by atoms with Gasteiger partial charge in [-0.15, -0.1) is 0 Å². The summed E-state index contributed by atoms with van der Waals surface area (Å²) in [5.74, 6) is -0.132. The van der Waals surface area contributed by atoms with Crippen LogP contribution >= 0.6 is 0 Å². The fraction of sp³-hybridized carbons (Fsp3) is 0.462. The van der Waals surface area contributed by atoms with E-state index in [1.54, 1.807) is 31.4 Å². The van der Waals surface area contributed by atoms with Gasteiger partial charge in [-0.25, -0.2) is 8.42 Å². The van der Waals surface area contributed by atoms with Crippen molar-refractivity contribution in [3.63, 3.8) is 0 Å². The maximum absolute atomic E-state index is 12.3. The third-order valence-electron chi connectivity index (χ3n) is 3.31. The third-order valence-corrected chi connectivity index (χ3v) is 5.10. The second kappa shape index (κ2) is 5.70. The molecule has 1 saturated heterocycles. The molecule has 1 aromatic rings. The number of ether oxygens (including phenoxy) is 1. The van der Waals surface area contributed by atoms with E-state index in [1.807, 2.05) is 6.07 Å². The van der Waals surface area contributed by atoms with Crippen molar-refractivity contribution in [1.29, 1.82) is 5.26 Å². The van der Waals surface area contributed by atoms with Crippen molar-refractivity contribution in [2.75, 3.05) is 20.2 Å². The lowest BCUT2D eigenvalue weighted by Gasteiger charge is -2.16. The summed E-state index contributed by atoms with van der Waals surface area (Å²) < 4.78 is 31.2. The largest absolute Gasteiger partial charge is 0.380 e. The fourth-order valence-corrected chi connectivity index (χ4v) is 3.79. The Kier molecular flexibility index (Phi) is 4.20. The summed E-state index contributed by atoms with van der Waals surface area (Å²) in [5.41, 5.74) is 0.958. The molecule has 102 valence electrons. The minimum Gasteiger partial charge on any atom is -0.380 e. The van der Waals surface area contributed by atoms with Gasteiger partial charge in [0.05, 0.1) is 23.5 Å². The molecule has 0 saturated carbocycles. The van der Waals surface area contributed by atoms with Crippen LogP contribution in [0.15, 0.2) is 24.3 Å². The summed E-state index contributed by atoms with van der Waals surface area (Å²) in [4.78, 5) is 0. The lowest BCUT2D eigenvalue weighted by Crippen LogP contribution is -2.31. The van der Waals surface area contributed by atoms with Crippen molar-refractivity contribution < 1.29 is 13.2 Å². The molecule has 1 heterocycles. The van der Waals surface area contributed by atoms with Crippen molar-refractivity contribution in [1.82, 2.24) is 4.31 Å². The number of nitrogens with zero attached hydrogens (tertiary/aromatic N) is 2. The molecule has 1 fully saturated rings. The maximum atomic E-state index is 12.3. The predicted octanol–water partition coefficient (Wildman–Crippen LogP) is 1.11. The van der Waals surface area contributed by atoms with Gasteiger partial charge in [-0.05, 0) is 18.1 Å². The summed E-state index contributed by atoms with van der Waals surface area (Å²) in [6.45, 7) is 0.878. The van der Waals surface area contributed by atoms with Crippen LogP contribution in [0.1, 0.15) is 17.5 Å². The lowest BCUT2D eigenvalue weighted by molar-refractivity contribution is 0.115. The summed E-state index contributed by atoms with van der Waals surface area (Å²) >= 11 is 0. The topological polar surface area (TPSA) is 70.4 Å². The molecule has 0 aromatic heterocycles. The molecule has 1 unspecified atom stereocenters. The van der Waals surface area contributed by atoms with Crippen LogP contribution in [0.3, 0.4) is 0 Å². The first-order chi connectivity index (χ1) is 9.06. The van der Waals surface area contributed by atoms with Crippen LogP contribution in [0.5, 0.6) is 0 Å². The van der Waals surface area contributed by atoms with Gasteiger partial charge in [0, 0.05) is 20.2 Å². The predicted molar refractivity (Wildman–Crippen MR) is 70.8 cm³/mol. The Morgan fingerprint density at radius 1 is 1.47 bits per heavy atom. The highest BCUT2D eigenvalue weighted by Crippen LogP contribution is 2.20. The molecule has 0 aliphatic carbocycles. The van der Waals surface area contributed by atoms with Gasteiger partial charge >= 0.3 is 0 Å². The van der Waals surface area contributed by atoms with Gasteiger partial charge in [0.25, 0.3) is 0 Å². The summed E-state index contributed by atoms with van der Waals surface area (Å²) in [6, 6.07) is 8.80. The van der Waals surface area contributed by atoms with Gasteiger partial charge in [0.2, 0.25) is 10.0 Å². The number of methoxy groups -OCH3 is 1. The molecule has 0 spiro atoms. The maximum Gasteiger partial charge on any atom is 0.218 e. The monoisotopic (exact) mass is 280 g/mol. The van der Waals surface area contributed by atoms with Crippen molar-refractivity contribution in [3.05, 3.63) is 35.4 Å². The van der Waals surface area contributed by atoms with Crippen molar-refractivity contribution in [3.8, 4) is 6.07 Å². The van der Waals surface area contributed by atoms with Crippen molar-refractivity contribution >= 4 is 10.0 Å². The van der Waals surface area contributed by atoms with Crippen LogP contribution in [0, 0.1) is 11.3 Å². The Hall–Kier alpha value is -1.42. The smallest absolute Gasteiger partial charge is 0.218 e. The Balaban J connectivity index is 2.16. The van der Waals surface area contributed by atoms with E-state index >= 15 is 0 Å². The van der Waals surface area contributed by atoms with E-state index in [0.29, 0.717) is 24.2 Å². The number of nitriles is 1. The molecule has 0 amide bonds. The molecule has 1 atom stereocenters. The molecule has 1 aliphatic rings. The van der Waals surface area contributed by atoms with Gasteiger partial charge in [0.15, 0.2) is 0 Å². The molecule has 0 N–H and O–H groups in total. The summed E-state index contributed by atoms with van der Waals surface area (Å²) in [6.07, 6.45) is 0.691. The Labute approximate surface area is 113 Å². The van der Waals surface area contributed by atoms with Crippen LogP contribution in [-0.2, 0) is 20.5 Å². The van der Waals surface area contributed by atoms with Gasteiger partial charge in [-0.2, -0.15) is 9.57 Å². The second-order valence-corrected chi connectivity index (χ2v) is 6.50. The lowest BCUT2D eigenvalue weighted by atomic mass is 10.1. The van der Waals surface area contributed by atoms with Crippen LogP contribution in [0.4, 0.5) is 0 Å². The highest BCUT2D eigenvalue weighted by atomic mass is 32.2. The fourth-order valence-electron chi connectivity index (χ4n) is 2.19. The first-order valence-corrected chi connectivity index (χ1v) is 7.66. The van der Waals surface area contributed by atoms with Crippen LogP contribution < -0.4 is 0 Å². The zero-order chi connectivity index (χ0) is 13.9. The number of rotatable bonds is 4. The Morgan fingerprint density at radius 2 is 2.21 bits per heavy atom. The average Bonchev–Trinajstić information content (AvgIpc) is 2.88. The Morgan fingerprint density at radius 3 is 2.84 bits per heavy atom. The highest BCUT2D eigenvalue weighted by molar-refractivity contribution is 7.88. The molecule has 1 aliphatic heterocycles. The number of hydrogen-bond donors (Lipinski definition) is 0. The zero-order valence-electron chi connectivity index (χ0n) is 10.7. The standard InChI is InChI=1S/C13H16N2O3S/c1-18-13-6-7-15(9-13)19(16,17)10-12-5-3-2-4-11(12)8-14/h2-5,13H,6-7,9-10H2,1H3. The molecule has 6 heteroatoms. The van der Waals surface area contributed by atoms with Crippen molar-refractivity contribution in [2.24, 2.45) is 0 Å². The third kappa shape index (κ3) is 3.13. The minimum absolute atomic E-state index is 0.0269. The van der Waals surface area contributed by atoms with Crippen LogP contribution in [-0.4, -0.2) is 39.0 Å². The van der Waals surface area contributed by atoms with E-state index < -0.39 is 10.0 Å². The van der Waals surface area contributed by atoms with Gasteiger partial charge in [0.1, 0.15) is 0 Å². The van der Waals surface area contributed by atoms with Crippen molar-refractivity contribution in [2.45, 2.75) is 18.3 Å². The first kappa shape index (κ1) is 14.0. The van der Waals surface area contributed by atoms with E-state index in [4.69, 9.17) is 10.00 Å². The first-order valence-electron chi connectivity index (χ1n) is 6.05. The number of benzene rings is 1. The van der Waals surface area contributed by atoms with Gasteiger partial charge in [-0.3, -0.25) is 0 Å². The van der Waals surface area contributed by atoms with Gasteiger partial charge < -0.3 is 4.74 Å². The van der Waals surface area contributed by atoms with Crippen LogP contribution in [0.25, 0.3) is 0 Å². The molecule has 19 heavy (non-hydrogen) atoms. The highest BCUT2D eigenvalue weighted by Gasteiger charge is 2.31. The molecule has 2 rings (SSSR count). The summed E-state index contributed by atoms with van der Waals surface area (Å²) in [5, 5.41) is 8.98. The summed E-state index contributed by atoms with van der Waals surface area (Å²) in [7, 11) is -1.80. The molecular formula is C13H16N2O3S. The minimum atomic E-state index is -3.39. The second-order valence-electron chi connectivity index (χ2n) is 4.53. The van der Waals surface area contributed by atoms with Gasteiger partial charge in [-0.1, -0.05) is 18.2 Å². The SMILES string of the molecule is COC1CCN(S(=O)(=O)Cc2ccccc2C#N)C1. The van der Waals surface area contributed by atoms with E-state index in [0.717, 1.165) is 6.42 Å². The molecule has 5 nitrogen and oxygen atoms in total.